The summed E-state index contributed by atoms with van der Waals surface area (Å²) in [6.45, 7) is 0. The molecule has 116 valence electrons. The van der Waals surface area contributed by atoms with E-state index in [1.807, 2.05) is 12.1 Å². The predicted octanol–water partition coefficient (Wildman–Crippen LogP) is 4.32. The molecule has 3 heteroatoms. The molecular weight excluding hydrogens is 280 g/mol. The van der Waals surface area contributed by atoms with Gasteiger partial charge in [-0.25, -0.2) is 0 Å². The Morgan fingerprint density at radius 1 is 1.05 bits per heavy atom. The van der Waals surface area contributed by atoms with Gasteiger partial charge in [0.25, 0.3) is 0 Å². The van der Waals surface area contributed by atoms with E-state index in [0.717, 1.165) is 29.2 Å². The summed E-state index contributed by atoms with van der Waals surface area (Å²) in [5, 5.41) is 0.804. The van der Waals surface area contributed by atoms with Crippen molar-refractivity contribution in [1.82, 2.24) is 5.43 Å². The zero-order valence-corrected chi connectivity index (χ0v) is 13.5. The summed E-state index contributed by atoms with van der Waals surface area (Å²) < 4.78 is 0. The highest BCUT2D eigenvalue weighted by molar-refractivity contribution is 6.30. The van der Waals surface area contributed by atoms with Gasteiger partial charge in [0.2, 0.25) is 0 Å². The van der Waals surface area contributed by atoms with Crippen LogP contribution >= 0.6 is 11.6 Å². The Balaban J connectivity index is 1.61. The summed E-state index contributed by atoms with van der Waals surface area (Å²) in [6, 6.07) is 8.59. The third kappa shape index (κ3) is 3.80. The van der Waals surface area contributed by atoms with E-state index in [0.29, 0.717) is 6.04 Å². The second-order valence-corrected chi connectivity index (χ2v) is 7.42. The maximum atomic E-state index is 5.97. The molecular formula is C18H27ClN2. The number of fused-ring (bicyclic) bond motifs is 1. The quantitative estimate of drug-likeness (QED) is 0.642. The molecule has 2 aliphatic carbocycles. The van der Waals surface area contributed by atoms with Crippen molar-refractivity contribution >= 4 is 11.6 Å². The van der Waals surface area contributed by atoms with Crippen molar-refractivity contribution in [2.75, 3.05) is 0 Å². The molecule has 0 bridgehead atoms. The third-order valence-electron chi connectivity index (χ3n) is 5.73. The van der Waals surface area contributed by atoms with Crippen molar-refractivity contribution in [2.45, 2.75) is 57.4 Å². The molecule has 0 amide bonds. The van der Waals surface area contributed by atoms with Crippen LogP contribution in [0.25, 0.3) is 0 Å². The van der Waals surface area contributed by atoms with E-state index in [1.54, 1.807) is 0 Å². The maximum Gasteiger partial charge on any atom is 0.0406 e. The minimum absolute atomic E-state index is 0.397. The van der Waals surface area contributed by atoms with Crippen LogP contribution in [0.5, 0.6) is 0 Å². The molecule has 0 spiro atoms. The number of nitrogens with one attached hydrogen (secondary N) is 1. The van der Waals surface area contributed by atoms with Gasteiger partial charge in [-0.05, 0) is 61.1 Å². The van der Waals surface area contributed by atoms with E-state index in [9.17, 15) is 0 Å². The van der Waals surface area contributed by atoms with E-state index in [4.69, 9.17) is 17.4 Å². The number of nitrogens with two attached hydrogens (primary N) is 1. The van der Waals surface area contributed by atoms with Crippen LogP contribution in [0, 0.1) is 17.8 Å². The number of halogens is 1. The largest absolute Gasteiger partial charge is 0.271 e. The number of hydrazine groups is 1. The van der Waals surface area contributed by atoms with E-state index < -0.39 is 0 Å². The van der Waals surface area contributed by atoms with Crippen molar-refractivity contribution in [3.63, 3.8) is 0 Å². The van der Waals surface area contributed by atoms with Crippen LogP contribution < -0.4 is 11.3 Å². The first-order valence-corrected chi connectivity index (χ1v) is 8.84. The van der Waals surface area contributed by atoms with Crippen molar-refractivity contribution in [3.05, 3.63) is 34.9 Å². The van der Waals surface area contributed by atoms with Gasteiger partial charge in [0.15, 0.2) is 0 Å². The van der Waals surface area contributed by atoms with Crippen LogP contribution in [0.15, 0.2) is 24.3 Å². The summed E-state index contributed by atoms with van der Waals surface area (Å²) >= 11 is 5.97. The number of hydrogen-bond donors (Lipinski definition) is 2. The van der Waals surface area contributed by atoms with Crippen LogP contribution in [0.3, 0.4) is 0 Å². The molecule has 0 heterocycles. The lowest BCUT2D eigenvalue weighted by Gasteiger charge is -2.42. The molecule has 0 saturated heterocycles. The lowest BCUT2D eigenvalue weighted by Crippen LogP contribution is -2.45. The SMILES string of the molecule is NNC(Cc1ccc(Cl)cc1)C1CCC2CCCCC2C1. The van der Waals surface area contributed by atoms with Crippen molar-refractivity contribution < 1.29 is 0 Å². The average molecular weight is 307 g/mol. The number of benzene rings is 1. The first kappa shape index (κ1) is 15.3. The van der Waals surface area contributed by atoms with Gasteiger partial charge in [-0.15, -0.1) is 0 Å². The Kier molecular flexibility index (Phi) is 5.20. The molecule has 2 fully saturated rings. The Hall–Kier alpha value is -0.570. The maximum absolute atomic E-state index is 5.97. The molecule has 21 heavy (non-hydrogen) atoms. The molecule has 0 aromatic heterocycles. The van der Waals surface area contributed by atoms with Crippen molar-refractivity contribution in [2.24, 2.45) is 23.6 Å². The van der Waals surface area contributed by atoms with Crippen LogP contribution in [0.4, 0.5) is 0 Å². The minimum atomic E-state index is 0.397. The van der Waals surface area contributed by atoms with Gasteiger partial charge >= 0.3 is 0 Å². The van der Waals surface area contributed by atoms with Gasteiger partial charge in [0.1, 0.15) is 0 Å². The first-order chi connectivity index (χ1) is 10.3. The molecule has 4 unspecified atom stereocenters. The molecule has 2 saturated carbocycles. The van der Waals surface area contributed by atoms with Gasteiger partial charge in [-0.2, -0.15) is 0 Å². The second kappa shape index (κ2) is 7.13. The summed E-state index contributed by atoms with van der Waals surface area (Å²) in [5.41, 5.74) is 4.42. The normalized spacial score (nSPS) is 30.7. The molecule has 0 aliphatic heterocycles. The summed E-state index contributed by atoms with van der Waals surface area (Å²) in [4.78, 5) is 0. The molecule has 1 aromatic rings. The van der Waals surface area contributed by atoms with Gasteiger partial charge in [0.05, 0.1) is 0 Å². The molecule has 3 N–H and O–H groups in total. The third-order valence-corrected chi connectivity index (χ3v) is 5.98. The Bertz CT molecular complexity index is 445. The highest BCUT2D eigenvalue weighted by atomic mass is 35.5. The van der Waals surface area contributed by atoms with E-state index in [-0.39, 0.29) is 0 Å². The van der Waals surface area contributed by atoms with Crippen LogP contribution in [-0.2, 0) is 6.42 Å². The predicted molar refractivity (Wildman–Crippen MR) is 89.1 cm³/mol. The van der Waals surface area contributed by atoms with Gasteiger partial charge in [0, 0.05) is 11.1 Å². The van der Waals surface area contributed by atoms with Crippen LogP contribution in [0.1, 0.15) is 50.5 Å². The zero-order chi connectivity index (χ0) is 14.7. The monoisotopic (exact) mass is 306 g/mol. The summed E-state index contributed by atoms with van der Waals surface area (Å²) in [7, 11) is 0. The highest BCUT2D eigenvalue weighted by Gasteiger charge is 2.35. The minimum Gasteiger partial charge on any atom is -0.271 e. The Morgan fingerprint density at radius 3 is 2.48 bits per heavy atom. The molecule has 4 atom stereocenters. The van der Waals surface area contributed by atoms with Crippen LogP contribution in [0.2, 0.25) is 5.02 Å². The number of rotatable bonds is 4. The summed E-state index contributed by atoms with van der Waals surface area (Å²) in [6.07, 6.45) is 10.9. The van der Waals surface area contributed by atoms with Crippen molar-refractivity contribution in [1.29, 1.82) is 0 Å². The standard InChI is InChI=1S/C18H27ClN2/c19-17-9-5-13(6-10-17)11-18(21-20)16-8-7-14-3-1-2-4-15(14)12-16/h5-6,9-10,14-16,18,21H,1-4,7-8,11-12,20H2. The fourth-order valence-corrected chi connectivity index (χ4v) is 4.64. The van der Waals surface area contributed by atoms with Crippen LogP contribution in [-0.4, -0.2) is 6.04 Å². The van der Waals surface area contributed by atoms with Gasteiger partial charge in [-0.1, -0.05) is 49.4 Å². The molecule has 2 aliphatic rings. The molecule has 2 nitrogen and oxygen atoms in total. The van der Waals surface area contributed by atoms with Gasteiger partial charge in [-0.3, -0.25) is 11.3 Å². The van der Waals surface area contributed by atoms with Crippen molar-refractivity contribution in [3.8, 4) is 0 Å². The first-order valence-electron chi connectivity index (χ1n) is 8.47. The lowest BCUT2D eigenvalue weighted by atomic mass is 9.65. The Labute approximate surface area is 133 Å². The second-order valence-electron chi connectivity index (χ2n) is 6.98. The topological polar surface area (TPSA) is 38.0 Å². The smallest absolute Gasteiger partial charge is 0.0406 e. The van der Waals surface area contributed by atoms with Gasteiger partial charge < -0.3 is 0 Å². The van der Waals surface area contributed by atoms with E-state index in [2.05, 4.69) is 17.6 Å². The number of hydrogen-bond acceptors (Lipinski definition) is 2. The van der Waals surface area contributed by atoms with E-state index in [1.165, 1.54) is 50.5 Å². The highest BCUT2D eigenvalue weighted by Crippen LogP contribution is 2.43. The Morgan fingerprint density at radius 2 is 1.76 bits per heavy atom. The zero-order valence-electron chi connectivity index (χ0n) is 12.7. The fourth-order valence-electron chi connectivity index (χ4n) is 4.51. The lowest BCUT2D eigenvalue weighted by molar-refractivity contribution is 0.109. The summed E-state index contributed by atoms with van der Waals surface area (Å²) in [5.74, 6) is 8.56. The molecule has 3 rings (SSSR count). The fraction of sp³-hybridized carbons (Fsp3) is 0.667. The molecule has 0 radical (unpaired) electrons. The van der Waals surface area contributed by atoms with E-state index >= 15 is 0 Å². The molecule has 1 aromatic carbocycles. The average Bonchev–Trinajstić information content (AvgIpc) is 2.54.